The van der Waals surface area contributed by atoms with Crippen LogP contribution in [0.4, 0.5) is 0 Å². The van der Waals surface area contributed by atoms with E-state index in [1.165, 1.54) is 6.92 Å². The maximum absolute atomic E-state index is 8.82. The minimum atomic E-state index is -1.05. The maximum Gasteiger partial charge on any atom is 0.180 e. The third-order valence-electron chi connectivity index (χ3n) is 0.824. The van der Waals surface area contributed by atoms with Gasteiger partial charge in [0.25, 0.3) is 0 Å². The number of aliphatic hydroxyl groups excluding tert-OH is 2. The van der Waals surface area contributed by atoms with Crippen LogP contribution in [0.1, 0.15) is 20.8 Å². The molecule has 2 N–H and O–H groups in total. The Morgan fingerprint density at radius 1 is 1.11 bits per heavy atom. The maximum atomic E-state index is 8.82. The van der Waals surface area contributed by atoms with Crippen molar-refractivity contribution in [1.82, 2.24) is 0 Å². The molecule has 0 saturated carbocycles. The number of hydrogen-bond donors (Lipinski definition) is 2. The van der Waals surface area contributed by atoms with Crippen LogP contribution >= 0.6 is 0 Å². The summed E-state index contributed by atoms with van der Waals surface area (Å²) in [6, 6.07) is 0. The van der Waals surface area contributed by atoms with Gasteiger partial charge < -0.3 is 14.9 Å². The molecule has 0 rings (SSSR count). The fourth-order valence-corrected chi connectivity index (χ4v) is 0.393. The monoisotopic (exact) mass is 134 g/mol. The Morgan fingerprint density at radius 3 is 1.67 bits per heavy atom. The van der Waals surface area contributed by atoms with E-state index >= 15 is 0 Å². The third-order valence-corrected chi connectivity index (χ3v) is 0.824. The lowest BCUT2D eigenvalue weighted by atomic mass is 10.4. The molecule has 0 spiro atoms. The SMILES string of the molecule is CC(C)OC(O)C(C)O. The summed E-state index contributed by atoms with van der Waals surface area (Å²) in [5, 5.41) is 17.5. The smallest absolute Gasteiger partial charge is 0.180 e. The van der Waals surface area contributed by atoms with E-state index in [1.807, 2.05) is 0 Å². The van der Waals surface area contributed by atoms with E-state index in [4.69, 9.17) is 14.9 Å². The summed E-state index contributed by atoms with van der Waals surface area (Å²) >= 11 is 0. The van der Waals surface area contributed by atoms with Gasteiger partial charge in [-0.05, 0) is 20.8 Å². The highest BCUT2D eigenvalue weighted by molar-refractivity contribution is 4.50. The van der Waals surface area contributed by atoms with Crippen molar-refractivity contribution in [1.29, 1.82) is 0 Å². The van der Waals surface area contributed by atoms with Gasteiger partial charge >= 0.3 is 0 Å². The first kappa shape index (κ1) is 8.88. The van der Waals surface area contributed by atoms with Crippen LogP contribution in [0.5, 0.6) is 0 Å². The lowest BCUT2D eigenvalue weighted by molar-refractivity contribution is -0.175. The zero-order valence-electron chi connectivity index (χ0n) is 6.03. The fourth-order valence-electron chi connectivity index (χ4n) is 0.393. The van der Waals surface area contributed by atoms with Gasteiger partial charge in [-0.15, -0.1) is 0 Å². The van der Waals surface area contributed by atoms with Crippen molar-refractivity contribution in [3.05, 3.63) is 0 Å². The summed E-state index contributed by atoms with van der Waals surface area (Å²) in [5.41, 5.74) is 0. The number of hydrogen-bond acceptors (Lipinski definition) is 3. The molecule has 2 unspecified atom stereocenters. The molecule has 0 aromatic heterocycles. The molecule has 0 fully saturated rings. The first-order valence-corrected chi connectivity index (χ1v) is 3.05. The highest BCUT2D eigenvalue weighted by Gasteiger charge is 2.11. The van der Waals surface area contributed by atoms with Gasteiger partial charge in [0, 0.05) is 0 Å². The zero-order valence-corrected chi connectivity index (χ0v) is 6.03. The Kier molecular flexibility index (Phi) is 3.77. The van der Waals surface area contributed by atoms with Gasteiger partial charge in [-0.2, -0.15) is 0 Å². The van der Waals surface area contributed by atoms with Gasteiger partial charge in [-0.3, -0.25) is 0 Å². The highest BCUT2D eigenvalue weighted by Crippen LogP contribution is 1.98. The summed E-state index contributed by atoms with van der Waals surface area (Å²) in [5.74, 6) is 0. The van der Waals surface area contributed by atoms with Crippen molar-refractivity contribution < 1.29 is 14.9 Å². The van der Waals surface area contributed by atoms with Crippen molar-refractivity contribution in [2.75, 3.05) is 0 Å². The van der Waals surface area contributed by atoms with Crippen LogP contribution in [0, 0.1) is 0 Å². The molecule has 0 amide bonds. The Bertz CT molecular complexity index is 70.7. The molecule has 0 radical (unpaired) electrons. The Hall–Kier alpha value is -0.120. The van der Waals surface area contributed by atoms with E-state index in [-0.39, 0.29) is 6.10 Å². The molecule has 0 aliphatic heterocycles. The quantitative estimate of drug-likeness (QED) is 0.539. The minimum Gasteiger partial charge on any atom is -0.388 e. The standard InChI is InChI=1S/C6H14O3/c1-4(2)9-6(8)5(3)7/h4-8H,1-3H3. The Labute approximate surface area is 55.3 Å². The second-order valence-electron chi connectivity index (χ2n) is 2.32. The topological polar surface area (TPSA) is 49.7 Å². The predicted octanol–water partition coefficient (Wildman–Crippen LogP) is 0.111. The van der Waals surface area contributed by atoms with Gasteiger partial charge in [0.15, 0.2) is 6.29 Å². The van der Waals surface area contributed by atoms with E-state index in [0.29, 0.717) is 0 Å². The van der Waals surface area contributed by atoms with Crippen molar-refractivity contribution in [3.63, 3.8) is 0 Å². The molecule has 9 heavy (non-hydrogen) atoms. The molecule has 0 heterocycles. The molecule has 3 heteroatoms. The summed E-state index contributed by atoms with van der Waals surface area (Å²) < 4.78 is 4.82. The average Bonchev–Trinajstić information content (AvgIpc) is 1.63. The van der Waals surface area contributed by atoms with E-state index < -0.39 is 12.4 Å². The third kappa shape index (κ3) is 4.39. The van der Waals surface area contributed by atoms with Gasteiger partial charge in [-0.1, -0.05) is 0 Å². The predicted molar refractivity (Wildman–Crippen MR) is 33.9 cm³/mol. The average molecular weight is 134 g/mol. The first-order chi connectivity index (χ1) is 4.04. The molecule has 0 aromatic carbocycles. The largest absolute Gasteiger partial charge is 0.388 e. The van der Waals surface area contributed by atoms with E-state index in [1.54, 1.807) is 13.8 Å². The van der Waals surface area contributed by atoms with Crippen molar-refractivity contribution >= 4 is 0 Å². The van der Waals surface area contributed by atoms with Crippen molar-refractivity contribution in [2.24, 2.45) is 0 Å². The number of ether oxygens (including phenoxy) is 1. The van der Waals surface area contributed by atoms with Gasteiger partial charge in [0.05, 0.1) is 6.10 Å². The van der Waals surface area contributed by atoms with E-state index in [2.05, 4.69) is 0 Å². The lowest BCUT2D eigenvalue weighted by Crippen LogP contribution is -2.28. The summed E-state index contributed by atoms with van der Waals surface area (Å²) in [6.45, 7) is 5.07. The number of rotatable bonds is 3. The van der Waals surface area contributed by atoms with Gasteiger partial charge in [0.2, 0.25) is 0 Å². The molecular weight excluding hydrogens is 120 g/mol. The minimum absolute atomic E-state index is 0.0467. The summed E-state index contributed by atoms with van der Waals surface area (Å²) in [7, 11) is 0. The van der Waals surface area contributed by atoms with Gasteiger partial charge in [0.1, 0.15) is 6.10 Å². The second kappa shape index (κ2) is 3.82. The van der Waals surface area contributed by atoms with Crippen LogP contribution in [0.25, 0.3) is 0 Å². The molecule has 0 aliphatic carbocycles. The van der Waals surface area contributed by atoms with Crippen LogP contribution in [0.15, 0.2) is 0 Å². The van der Waals surface area contributed by atoms with Crippen LogP contribution in [-0.4, -0.2) is 28.7 Å². The molecular formula is C6H14O3. The highest BCUT2D eigenvalue weighted by atomic mass is 16.6. The normalized spacial score (nSPS) is 18.0. The van der Waals surface area contributed by atoms with Gasteiger partial charge in [-0.25, -0.2) is 0 Å². The molecule has 2 atom stereocenters. The van der Waals surface area contributed by atoms with Crippen LogP contribution in [0.3, 0.4) is 0 Å². The van der Waals surface area contributed by atoms with Crippen LogP contribution in [0.2, 0.25) is 0 Å². The molecule has 0 aliphatic rings. The van der Waals surface area contributed by atoms with Crippen LogP contribution < -0.4 is 0 Å². The Balaban J connectivity index is 3.38. The van der Waals surface area contributed by atoms with Crippen LogP contribution in [-0.2, 0) is 4.74 Å². The first-order valence-electron chi connectivity index (χ1n) is 3.05. The van der Waals surface area contributed by atoms with Crippen molar-refractivity contribution in [2.45, 2.75) is 39.3 Å². The van der Waals surface area contributed by atoms with E-state index in [0.717, 1.165) is 0 Å². The zero-order chi connectivity index (χ0) is 7.44. The second-order valence-corrected chi connectivity index (χ2v) is 2.32. The Morgan fingerprint density at radius 2 is 1.56 bits per heavy atom. The molecule has 3 nitrogen and oxygen atoms in total. The van der Waals surface area contributed by atoms with E-state index in [9.17, 15) is 0 Å². The molecule has 56 valence electrons. The fraction of sp³-hybridized carbons (Fsp3) is 1.00. The molecule has 0 bridgehead atoms. The lowest BCUT2D eigenvalue weighted by Gasteiger charge is -2.16. The summed E-state index contributed by atoms with van der Waals surface area (Å²) in [6.07, 6.45) is -1.91. The molecule has 0 saturated heterocycles. The molecule has 0 aromatic rings. The summed E-state index contributed by atoms with van der Waals surface area (Å²) in [4.78, 5) is 0. The van der Waals surface area contributed by atoms with Crippen molar-refractivity contribution in [3.8, 4) is 0 Å². The number of aliphatic hydroxyl groups is 2.